The zero-order valence-corrected chi connectivity index (χ0v) is 11.3. The quantitative estimate of drug-likeness (QED) is 0.804. The van der Waals surface area contributed by atoms with E-state index in [9.17, 15) is 0 Å². The number of hydrogen-bond acceptors (Lipinski definition) is 1. The maximum absolute atomic E-state index is 3.43. The summed E-state index contributed by atoms with van der Waals surface area (Å²) in [5, 5.41) is 3.43. The predicted molar refractivity (Wildman–Crippen MR) is 71.7 cm³/mol. The van der Waals surface area contributed by atoms with E-state index >= 15 is 0 Å². The lowest BCUT2D eigenvalue weighted by Crippen LogP contribution is -2.19. The smallest absolute Gasteiger partial charge is 0.0320 e. The molecule has 0 saturated heterocycles. The number of hydrogen-bond donors (Lipinski definition) is 1. The van der Waals surface area contributed by atoms with Crippen LogP contribution < -0.4 is 5.32 Å². The first-order valence-electron chi connectivity index (χ1n) is 6.17. The zero-order chi connectivity index (χ0) is 12.2. The lowest BCUT2D eigenvalue weighted by Gasteiger charge is -2.24. The minimum atomic E-state index is 0.414. The van der Waals surface area contributed by atoms with E-state index in [0.717, 1.165) is 0 Å². The van der Waals surface area contributed by atoms with Gasteiger partial charge in [-0.15, -0.1) is 0 Å². The van der Waals surface area contributed by atoms with E-state index in [1.165, 1.54) is 24.0 Å². The van der Waals surface area contributed by atoms with Crippen LogP contribution in [0, 0.1) is 12.3 Å². The molecule has 0 heterocycles. The van der Waals surface area contributed by atoms with Crippen LogP contribution >= 0.6 is 0 Å². The summed E-state index contributed by atoms with van der Waals surface area (Å²) >= 11 is 0. The van der Waals surface area contributed by atoms with Gasteiger partial charge < -0.3 is 5.32 Å². The van der Waals surface area contributed by atoms with Gasteiger partial charge in [-0.1, -0.05) is 45.0 Å². The van der Waals surface area contributed by atoms with Crippen LogP contribution in [0.5, 0.6) is 0 Å². The fourth-order valence-electron chi connectivity index (χ4n) is 2.01. The highest BCUT2D eigenvalue weighted by Gasteiger charge is 2.16. The van der Waals surface area contributed by atoms with E-state index in [0.29, 0.717) is 11.5 Å². The van der Waals surface area contributed by atoms with Crippen molar-refractivity contribution in [1.82, 2.24) is 5.32 Å². The largest absolute Gasteiger partial charge is 0.313 e. The van der Waals surface area contributed by atoms with Gasteiger partial charge in [0.05, 0.1) is 0 Å². The lowest BCUT2D eigenvalue weighted by atomic mass is 9.86. The van der Waals surface area contributed by atoms with Gasteiger partial charge in [0.1, 0.15) is 0 Å². The second-order valence-corrected chi connectivity index (χ2v) is 5.80. The molecule has 0 spiro atoms. The van der Waals surface area contributed by atoms with Gasteiger partial charge >= 0.3 is 0 Å². The molecule has 0 aliphatic rings. The van der Waals surface area contributed by atoms with E-state index in [1.807, 2.05) is 0 Å². The van der Waals surface area contributed by atoms with Crippen molar-refractivity contribution in [3.63, 3.8) is 0 Å². The van der Waals surface area contributed by atoms with Crippen LogP contribution in [-0.4, -0.2) is 7.05 Å². The molecule has 0 aliphatic carbocycles. The lowest BCUT2D eigenvalue weighted by molar-refractivity contribution is 0.337. The molecular weight excluding hydrogens is 194 g/mol. The van der Waals surface area contributed by atoms with Crippen molar-refractivity contribution in [3.8, 4) is 0 Å². The first-order chi connectivity index (χ1) is 7.44. The first kappa shape index (κ1) is 13.2. The number of aryl methyl sites for hydroxylation is 1. The highest BCUT2D eigenvalue weighted by Crippen LogP contribution is 2.28. The summed E-state index contributed by atoms with van der Waals surface area (Å²) in [6, 6.07) is 9.15. The van der Waals surface area contributed by atoms with Crippen LogP contribution in [0.15, 0.2) is 24.3 Å². The fraction of sp³-hybridized carbons (Fsp3) is 0.600. The van der Waals surface area contributed by atoms with Gasteiger partial charge in [-0.3, -0.25) is 0 Å². The molecular formula is C15H25N. The molecule has 90 valence electrons. The second kappa shape index (κ2) is 5.49. The molecule has 0 fully saturated rings. The summed E-state index contributed by atoms with van der Waals surface area (Å²) in [6.07, 6.45) is 2.44. The standard InChI is InChI=1S/C15H25N/c1-12-8-6-7-9-13(12)14(16-5)10-11-15(2,3)4/h6-9,14,16H,10-11H2,1-5H3. The molecule has 1 heteroatoms. The van der Waals surface area contributed by atoms with Gasteiger partial charge in [0.25, 0.3) is 0 Å². The Labute approximate surface area is 100 Å². The Bertz CT molecular complexity index is 322. The molecule has 1 aromatic rings. The molecule has 0 aliphatic heterocycles. The molecule has 1 aromatic carbocycles. The van der Waals surface area contributed by atoms with Crippen molar-refractivity contribution in [1.29, 1.82) is 0 Å². The highest BCUT2D eigenvalue weighted by molar-refractivity contribution is 5.28. The molecule has 1 atom stereocenters. The van der Waals surface area contributed by atoms with Crippen molar-refractivity contribution in [2.24, 2.45) is 5.41 Å². The monoisotopic (exact) mass is 219 g/mol. The van der Waals surface area contributed by atoms with Gasteiger partial charge in [-0.25, -0.2) is 0 Å². The average molecular weight is 219 g/mol. The summed E-state index contributed by atoms with van der Waals surface area (Å²) in [6.45, 7) is 9.10. The SMILES string of the molecule is CNC(CCC(C)(C)C)c1ccccc1C. The number of rotatable bonds is 4. The highest BCUT2D eigenvalue weighted by atomic mass is 14.9. The van der Waals surface area contributed by atoms with Crippen molar-refractivity contribution < 1.29 is 0 Å². The molecule has 16 heavy (non-hydrogen) atoms. The topological polar surface area (TPSA) is 12.0 Å². The van der Waals surface area contributed by atoms with Crippen LogP contribution in [-0.2, 0) is 0 Å². The zero-order valence-electron chi connectivity index (χ0n) is 11.3. The van der Waals surface area contributed by atoms with Crippen molar-refractivity contribution in [2.75, 3.05) is 7.05 Å². The van der Waals surface area contributed by atoms with Gasteiger partial charge in [0, 0.05) is 6.04 Å². The molecule has 1 N–H and O–H groups in total. The molecule has 1 unspecified atom stereocenters. The van der Waals surface area contributed by atoms with Gasteiger partial charge in [-0.2, -0.15) is 0 Å². The summed E-state index contributed by atoms with van der Waals surface area (Å²) in [5.41, 5.74) is 3.24. The molecule has 0 bridgehead atoms. The molecule has 0 aromatic heterocycles. The summed E-state index contributed by atoms with van der Waals surface area (Å²) in [5.74, 6) is 0. The minimum absolute atomic E-state index is 0.414. The third-order valence-electron chi connectivity index (χ3n) is 3.10. The Balaban J connectivity index is 2.72. The molecule has 0 saturated carbocycles. The molecule has 0 radical (unpaired) electrons. The van der Waals surface area contributed by atoms with E-state index < -0.39 is 0 Å². The first-order valence-corrected chi connectivity index (χ1v) is 6.17. The maximum atomic E-state index is 3.43. The van der Waals surface area contributed by atoms with Gasteiger partial charge in [0.15, 0.2) is 0 Å². The molecule has 1 rings (SSSR count). The van der Waals surface area contributed by atoms with Crippen LogP contribution in [0.3, 0.4) is 0 Å². The fourth-order valence-corrected chi connectivity index (χ4v) is 2.01. The van der Waals surface area contributed by atoms with Gasteiger partial charge in [-0.05, 0) is 43.4 Å². The van der Waals surface area contributed by atoms with E-state index in [1.54, 1.807) is 0 Å². The van der Waals surface area contributed by atoms with Crippen molar-refractivity contribution in [3.05, 3.63) is 35.4 Å². The predicted octanol–water partition coefficient (Wildman–Crippen LogP) is 4.08. The van der Waals surface area contributed by atoms with E-state index in [-0.39, 0.29) is 0 Å². The molecule has 0 amide bonds. The summed E-state index contributed by atoms with van der Waals surface area (Å²) in [4.78, 5) is 0. The minimum Gasteiger partial charge on any atom is -0.313 e. The van der Waals surface area contributed by atoms with Crippen LogP contribution in [0.1, 0.15) is 50.8 Å². The summed E-state index contributed by atoms with van der Waals surface area (Å²) < 4.78 is 0. The molecule has 1 nitrogen and oxygen atoms in total. The van der Waals surface area contributed by atoms with Crippen molar-refractivity contribution in [2.45, 2.75) is 46.6 Å². The van der Waals surface area contributed by atoms with Gasteiger partial charge in [0.2, 0.25) is 0 Å². The Hall–Kier alpha value is -0.820. The number of benzene rings is 1. The van der Waals surface area contributed by atoms with Crippen molar-refractivity contribution >= 4 is 0 Å². The average Bonchev–Trinajstić information content (AvgIpc) is 2.20. The van der Waals surface area contributed by atoms with Crippen LogP contribution in [0.4, 0.5) is 0 Å². The normalized spacial score (nSPS) is 13.8. The second-order valence-electron chi connectivity index (χ2n) is 5.80. The Morgan fingerprint density at radius 3 is 2.31 bits per heavy atom. The van der Waals surface area contributed by atoms with Crippen LogP contribution in [0.2, 0.25) is 0 Å². The maximum Gasteiger partial charge on any atom is 0.0320 e. The number of nitrogens with one attached hydrogen (secondary N) is 1. The Morgan fingerprint density at radius 1 is 1.19 bits per heavy atom. The Kier molecular flexibility index (Phi) is 4.55. The Morgan fingerprint density at radius 2 is 1.81 bits per heavy atom. The third-order valence-corrected chi connectivity index (χ3v) is 3.10. The van der Waals surface area contributed by atoms with E-state index in [4.69, 9.17) is 0 Å². The van der Waals surface area contributed by atoms with Crippen LogP contribution in [0.25, 0.3) is 0 Å². The third kappa shape index (κ3) is 3.97. The van der Waals surface area contributed by atoms with E-state index in [2.05, 4.69) is 64.3 Å². The summed E-state index contributed by atoms with van der Waals surface area (Å²) in [7, 11) is 2.06.